The Balaban J connectivity index is 2.16. The van der Waals surface area contributed by atoms with Crippen molar-refractivity contribution in [1.29, 1.82) is 0 Å². The number of hydrogen-bond donors (Lipinski definition) is 1. The number of anilines is 1. The van der Waals surface area contributed by atoms with Crippen LogP contribution < -0.4 is 5.06 Å². The monoisotopic (exact) mass is 195 g/mol. The molecule has 3 nitrogen and oxygen atoms in total. The van der Waals surface area contributed by atoms with E-state index in [1.165, 1.54) is 11.1 Å². The molecule has 0 fully saturated rings. The molecule has 1 aromatic rings. The van der Waals surface area contributed by atoms with Gasteiger partial charge in [0.2, 0.25) is 6.29 Å². The average Bonchev–Trinajstić information content (AvgIpc) is 2.23. The third kappa shape index (κ3) is 1.76. The largest absolute Gasteiger partial charge is 0.361 e. The molecule has 1 aromatic carbocycles. The van der Waals surface area contributed by atoms with Crippen molar-refractivity contribution >= 4 is 5.69 Å². The molecule has 0 radical (unpaired) electrons. The molecular weight excluding hydrogens is 185 g/mol. The van der Waals surface area contributed by atoms with E-state index in [9.17, 15) is 4.39 Å². The van der Waals surface area contributed by atoms with Gasteiger partial charge >= 0.3 is 0 Å². The lowest BCUT2D eigenvalue weighted by atomic mass is 10.3. The Bertz CT molecular complexity index is 339. The maximum absolute atomic E-state index is 12.7. The van der Waals surface area contributed by atoms with Crippen LogP contribution in [0.15, 0.2) is 42.2 Å². The van der Waals surface area contributed by atoms with Crippen LogP contribution >= 0.6 is 0 Å². The number of halogens is 1. The number of rotatable bonds is 1. The first kappa shape index (κ1) is 9.18. The fourth-order valence-electron chi connectivity index (χ4n) is 1.25. The van der Waals surface area contributed by atoms with Crippen molar-refractivity contribution < 1.29 is 14.3 Å². The van der Waals surface area contributed by atoms with E-state index in [0.29, 0.717) is 6.54 Å². The van der Waals surface area contributed by atoms with E-state index in [0.717, 1.165) is 5.69 Å². The molecule has 1 aliphatic rings. The van der Waals surface area contributed by atoms with Crippen molar-refractivity contribution in [2.24, 2.45) is 0 Å². The molecule has 1 N–H and O–H groups in total. The topological polar surface area (TPSA) is 32.7 Å². The van der Waals surface area contributed by atoms with Gasteiger partial charge in [0.1, 0.15) is 0 Å². The van der Waals surface area contributed by atoms with Crippen molar-refractivity contribution in [2.75, 3.05) is 11.6 Å². The Labute approximate surface area is 81.0 Å². The van der Waals surface area contributed by atoms with E-state index in [1.807, 2.05) is 30.3 Å². The summed E-state index contributed by atoms with van der Waals surface area (Å²) in [4.78, 5) is 4.93. The summed E-state index contributed by atoms with van der Waals surface area (Å²) < 4.78 is 12.7. The second-order valence-corrected chi connectivity index (χ2v) is 2.94. The highest BCUT2D eigenvalue weighted by Crippen LogP contribution is 2.20. The van der Waals surface area contributed by atoms with Crippen LogP contribution in [0.2, 0.25) is 0 Å². The predicted molar refractivity (Wildman–Crippen MR) is 50.1 cm³/mol. The summed E-state index contributed by atoms with van der Waals surface area (Å²) in [6, 6.07) is 9.22. The molecule has 0 aromatic heterocycles. The fourth-order valence-corrected chi connectivity index (χ4v) is 1.25. The molecule has 2 rings (SSSR count). The Morgan fingerprint density at radius 3 is 2.71 bits per heavy atom. The second kappa shape index (κ2) is 3.77. The number of hydrogen-bond acceptors (Lipinski definition) is 3. The molecule has 1 aliphatic heterocycles. The molecule has 0 bridgehead atoms. The molecule has 1 unspecified atom stereocenters. The zero-order valence-corrected chi connectivity index (χ0v) is 7.43. The Morgan fingerprint density at radius 2 is 2.07 bits per heavy atom. The Kier molecular flexibility index (Phi) is 2.47. The van der Waals surface area contributed by atoms with Crippen LogP contribution in [0.25, 0.3) is 0 Å². The molecule has 0 saturated carbocycles. The molecule has 0 spiro atoms. The molecule has 14 heavy (non-hydrogen) atoms. The van der Waals surface area contributed by atoms with Crippen molar-refractivity contribution in [2.45, 2.75) is 6.29 Å². The summed E-state index contributed by atoms with van der Waals surface area (Å²) in [5.41, 5.74) is 0.787. The third-order valence-electron chi connectivity index (χ3n) is 1.96. The van der Waals surface area contributed by atoms with Gasteiger partial charge in [0.25, 0.3) is 0 Å². The number of aliphatic hydroxyl groups excluding tert-OH is 1. The first-order valence-corrected chi connectivity index (χ1v) is 4.30. The van der Waals surface area contributed by atoms with Gasteiger partial charge in [-0.05, 0) is 18.2 Å². The van der Waals surface area contributed by atoms with Crippen molar-refractivity contribution in [1.82, 2.24) is 0 Å². The van der Waals surface area contributed by atoms with Crippen LogP contribution in [0.1, 0.15) is 0 Å². The number of benzene rings is 1. The van der Waals surface area contributed by atoms with Gasteiger partial charge in [0.15, 0.2) is 5.83 Å². The lowest BCUT2D eigenvalue weighted by Crippen LogP contribution is -2.34. The highest BCUT2D eigenvalue weighted by atomic mass is 19.1. The van der Waals surface area contributed by atoms with Crippen LogP contribution in [0, 0.1) is 0 Å². The normalized spacial score (nSPS) is 22.0. The smallest absolute Gasteiger partial charge is 0.233 e. The van der Waals surface area contributed by atoms with E-state index in [4.69, 9.17) is 9.94 Å². The number of aliphatic hydroxyl groups is 1. The maximum atomic E-state index is 12.7. The maximum Gasteiger partial charge on any atom is 0.233 e. The van der Waals surface area contributed by atoms with Crippen LogP contribution in [0.3, 0.4) is 0 Å². The average molecular weight is 195 g/mol. The minimum atomic E-state index is -1.48. The molecule has 0 aliphatic carbocycles. The number of para-hydroxylation sites is 1. The molecule has 1 heterocycles. The lowest BCUT2D eigenvalue weighted by Gasteiger charge is -2.28. The van der Waals surface area contributed by atoms with Crippen molar-refractivity contribution in [3.05, 3.63) is 42.2 Å². The van der Waals surface area contributed by atoms with E-state index < -0.39 is 12.1 Å². The summed E-state index contributed by atoms with van der Waals surface area (Å²) in [6.07, 6.45) is -0.190. The minimum Gasteiger partial charge on any atom is -0.361 e. The van der Waals surface area contributed by atoms with Crippen LogP contribution in [0.5, 0.6) is 0 Å². The van der Waals surface area contributed by atoms with Gasteiger partial charge in [-0.1, -0.05) is 18.2 Å². The molecular formula is C10H10FNO2. The summed E-state index contributed by atoms with van der Waals surface area (Å²) in [5, 5.41) is 10.5. The van der Waals surface area contributed by atoms with Crippen LogP contribution in [-0.4, -0.2) is 17.9 Å². The van der Waals surface area contributed by atoms with Gasteiger partial charge in [0, 0.05) is 0 Å². The molecule has 0 amide bonds. The number of hydroxylamine groups is 1. The highest BCUT2D eigenvalue weighted by Gasteiger charge is 2.21. The van der Waals surface area contributed by atoms with Crippen LogP contribution in [-0.2, 0) is 4.84 Å². The minimum absolute atomic E-state index is 0.299. The Morgan fingerprint density at radius 1 is 1.36 bits per heavy atom. The van der Waals surface area contributed by atoms with Gasteiger partial charge in [0.05, 0.1) is 12.2 Å². The second-order valence-electron chi connectivity index (χ2n) is 2.94. The predicted octanol–water partition coefficient (Wildman–Crippen LogP) is 1.61. The van der Waals surface area contributed by atoms with E-state index in [-0.39, 0.29) is 0 Å². The van der Waals surface area contributed by atoms with Gasteiger partial charge in [-0.25, -0.2) is 14.3 Å². The SMILES string of the molecule is OC1ON(c2ccccc2)CC=C1F. The fraction of sp³-hybridized carbons (Fsp3) is 0.200. The molecule has 1 atom stereocenters. The van der Waals surface area contributed by atoms with Gasteiger partial charge in [-0.2, -0.15) is 0 Å². The summed E-state index contributed by atoms with van der Waals surface area (Å²) >= 11 is 0. The van der Waals surface area contributed by atoms with Gasteiger partial charge < -0.3 is 5.11 Å². The molecule has 0 saturated heterocycles. The van der Waals surface area contributed by atoms with Gasteiger partial charge in [-0.3, -0.25) is 0 Å². The lowest BCUT2D eigenvalue weighted by molar-refractivity contribution is -0.102. The molecule has 4 heteroatoms. The first-order chi connectivity index (χ1) is 6.77. The highest BCUT2D eigenvalue weighted by molar-refractivity contribution is 5.44. The third-order valence-corrected chi connectivity index (χ3v) is 1.96. The first-order valence-electron chi connectivity index (χ1n) is 4.30. The molecule has 74 valence electrons. The quantitative estimate of drug-likeness (QED) is 0.739. The standard InChI is InChI=1S/C10H10FNO2/c11-9-6-7-12(14-10(9)13)8-4-2-1-3-5-8/h1-6,10,13H,7H2. The summed E-state index contributed by atoms with van der Waals surface area (Å²) in [5.74, 6) is -0.641. The van der Waals surface area contributed by atoms with Crippen LogP contribution in [0.4, 0.5) is 10.1 Å². The van der Waals surface area contributed by atoms with E-state index >= 15 is 0 Å². The van der Waals surface area contributed by atoms with E-state index in [2.05, 4.69) is 0 Å². The summed E-state index contributed by atoms with van der Waals surface area (Å²) in [6.45, 7) is 0.299. The van der Waals surface area contributed by atoms with Crippen molar-refractivity contribution in [3.8, 4) is 0 Å². The van der Waals surface area contributed by atoms with Crippen molar-refractivity contribution in [3.63, 3.8) is 0 Å². The number of nitrogens with zero attached hydrogens (tertiary/aromatic N) is 1. The van der Waals surface area contributed by atoms with E-state index in [1.54, 1.807) is 0 Å². The Hall–Kier alpha value is -1.39. The zero-order chi connectivity index (χ0) is 9.97. The zero-order valence-electron chi connectivity index (χ0n) is 7.43. The van der Waals surface area contributed by atoms with Gasteiger partial charge in [-0.15, -0.1) is 0 Å². The summed E-state index contributed by atoms with van der Waals surface area (Å²) in [7, 11) is 0.